The number of benzene rings is 1. The fraction of sp³-hybridized carbons (Fsp3) is 0.571. The maximum atomic E-state index is 14.1. The molecule has 1 aliphatic rings. The summed E-state index contributed by atoms with van der Waals surface area (Å²) < 4.78 is 41.2. The van der Waals surface area contributed by atoms with Crippen molar-refractivity contribution in [3.63, 3.8) is 0 Å². The maximum absolute atomic E-state index is 14.1. The fourth-order valence-corrected chi connectivity index (χ4v) is 3.78. The van der Waals surface area contributed by atoms with Gasteiger partial charge in [-0.3, -0.25) is 0 Å². The van der Waals surface area contributed by atoms with E-state index in [9.17, 15) is 12.8 Å². The minimum Gasteiger partial charge on any atom is -0.313 e. The molecule has 0 aliphatic carbocycles. The number of hydrogen-bond donors (Lipinski definition) is 2. The molecule has 1 aromatic carbocycles. The van der Waals surface area contributed by atoms with Gasteiger partial charge in [0.1, 0.15) is 10.7 Å². The lowest BCUT2D eigenvalue weighted by Gasteiger charge is -2.14. The molecular formula is C14H22FN3O2S. The lowest BCUT2D eigenvalue weighted by atomic mass is 10.2. The van der Waals surface area contributed by atoms with Crippen LogP contribution in [-0.2, 0) is 16.6 Å². The summed E-state index contributed by atoms with van der Waals surface area (Å²) in [7, 11) is -1.87. The standard InChI is InChI=1S/C14H22FN3O2S/c1-3-16-9-11-4-5-14(13(15)8-11)21(19,20)17-12-6-7-18(2)10-12/h4-5,8,12,16-17H,3,6-7,9-10H2,1-2H3. The molecule has 7 heteroatoms. The lowest BCUT2D eigenvalue weighted by Crippen LogP contribution is -2.36. The van der Waals surface area contributed by atoms with Crippen molar-refractivity contribution < 1.29 is 12.8 Å². The average molecular weight is 315 g/mol. The lowest BCUT2D eigenvalue weighted by molar-refractivity contribution is 0.407. The highest BCUT2D eigenvalue weighted by Gasteiger charge is 2.27. The highest BCUT2D eigenvalue weighted by atomic mass is 32.2. The number of likely N-dealkylation sites (tertiary alicyclic amines) is 1. The third-order valence-corrected chi connectivity index (χ3v) is 5.13. The van der Waals surface area contributed by atoms with Gasteiger partial charge in [-0.1, -0.05) is 13.0 Å². The molecule has 1 aliphatic heterocycles. The highest BCUT2D eigenvalue weighted by Crippen LogP contribution is 2.18. The van der Waals surface area contributed by atoms with Gasteiger partial charge in [-0.25, -0.2) is 17.5 Å². The Kier molecular flexibility index (Phi) is 5.32. The molecule has 0 spiro atoms. The van der Waals surface area contributed by atoms with Crippen LogP contribution in [0.4, 0.5) is 4.39 Å². The van der Waals surface area contributed by atoms with Crippen LogP contribution in [0.15, 0.2) is 23.1 Å². The van der Waals surface area contributed by atoms with Gasteiger partial charge in [0.2, 0.25) is 10.0 Å². The Hall–Kier alpha value is -1.02. The Morgan fingerprint density at radius 2 is 2.19 bits per heavy atom. The molecule has 0 amide bonds. The molecule has 0 bridgehead atoms. The predicted molar refractivity (Wildman–Crippen MR) is 80.0 cm³/mol. The molecule has 21 heavy (non-hydrogen) atoms. The van der Waals surface area contributed by atoms with E-state index in [-0.39, 0.29) is 10.9 Å². The van der Waals surface area contributed by atoms with Crippen LogP contribution in [0, 0.1) is 5.82 Å². The molecule has 0 aromatic heterocycles. The molecular weight excluding hydrogens is 293 g/mol. The van der Waals surface area contributed by atoms with Crippen LogP contribution in [0.5, 0.6) is 0 Å². The highest BCUT2D eigenvalue weighted by molar-refractivity contribution is 7.89. The third-order valence-electron chi connectivity index (χ3n) is 3.58. The van der Waals surface area contributed by atoms with E-state index in [1.807, 2.05) is 18.9 Å². The summed E-state index contributed by atoms with van der Waals surface area (Å²) in [4.78, 5) is 1.76. The number of hydrogen-bond acceptors (Lipinski definition) is 4. The minimum atomic E-state index is -3.81. The van der Waals surface area contributed by atoms with Crippen molar-refractivity contribution in [1.29, 1.82) is 0 Å². The van der Waals surface area contributed by atoms with Crippen LogP contribution < -0.4 is 10.0 Å². The van der Waals surface area contributed by atoms with E-state index in [1.165, 1.54) is 12.1 Å². The van der Waals surface area contributed by atoms with Crippen molar-refractivity contribution in [1.82, 2.24) is 14.9 Å². The van der Waals surface area contributed by atoms with Crippen LogP contribution in [0.2, 0.25) is 0 Å². The van der Waals surface area contributed by atoms with E-state index in [4.69, 9.17) is 0 Å². The molecule has 0 saturated carbocycles. The van der Waals surface area contributed by atoms with Crippen molar-refractivity contribution in [3.8, 4) is 0 Å². The third kappa shape index (κ3) is 4.23. The zero-order chi connectivity index (χ0) is 15.5. The van der Waals surface area contributed by atoms with Crippen molar-refractivity contribution in [2.24, 2.45) is 0 Å². The van der Waals surface area contributed by atoms with Gasteiger partial charge in [-0.15, -0.1) is 0 Å². The van der Waals surface area contributed by atoms with E-state index in [1.54, 1.807) is 6.07 Å². The second kappa shape index (κ2) is 6.83. The van der Waals surface area contributed by atoms with Gasteiger partial charge in [-0.05, 0) is 44.3 Å². The number of nitrogens with zero attached hydrogens (tertiary/aromatic N) is 1. The van der Waals surface area contributed by atoms with Gasteiger partial charge in [-0.2, -0.15) is 0 Å². The minimum absolute atomic E-state index is 0.152. The Morgan fingerprint density at radius 3 is 2.76 bits per heavy atom. The van der Waals surface area contributed by atoms with Crippen molar-refractivity contribution in [2.45, 2.75) is 30.8 Å². The van der Waals surface area contributed by atoms with E-state index in [0.29, 0.717) is 13.1 Å². The zero-order valence-electron chi connectivity index (χ0n) is 12.4. The van der Waals surface area contributed by atoms with Gasteiger partial charge in [0, 0.05) is 19.1 Å². The smallest absolute Gasteiger partial charge is 0.243 e. The molecule has 2 N–H and O–H groups in total. The monoisotopic (exact) mass is 315 g/mol. The first kappa shape index (κ1) is 16.4. The molecule has 0 radical (unpaired) electrons. The molecule has 2 rings (SSSR count). The first-order valence-electron chi connectivity index (χ1n) is 7.12. The second-order valence-electron chi connectivity index (χ2n) is 5.41. The molecule has 1 fully saturated rings. The second-order valence-corrected chi connectivity index (χ2v) is 7.10. The van der Waals surface area contributed by atoms with Crippen LogP contribution in [-0.4, -0.2) is 46.0 Å². The number of nitrogens with one attached hydrogen (secondary N) is 2. The molecule has 1 aromatic rings. The van der Waals surface area contributed by atoms with Crippen LogP contribution in [0.25, 0.3) is 0 Å². The molecule has 1 atom stereocenters. The molecule has 1 saturated heterocycles. The first-order valence-corrected chi connectivity index (χ1v) is 8.60. The zero-order valence-corrected chi connectivity index (χ0v) is 13.2. The molecule has 1 heterocycles. The van der Waals surface area contributed by atoms with Crippen molar-refractivity contribution in [2.75, 3.05) is 26.7 Å². The number of sulfonamides is 1. The van der Waals surface area contributed by atoms with Crippen LogP contribution >= 0.6 is 0 Å². The summed E-state index contributed by atoms with van der Waals surface area (Å²) in [6, 6.07) is 4.10. The maximum Gasteiger partial charge on any atom is 0.243 e. The Labute approximate surface area is 125 Å². The van der Waals surface area contributed by atoms with Gasteiger partial charge < -0.3 is 10.2 Å². The van der Waals surface area contributed by atoms with Crippen LogP contribution in [0.3, 0.4) is 0 Å². The number of halogens is 1. The summed E-state index contributed by atoms with van der Waals surface area (Å²) in [6.07, 6.45) is 0.746. The van der Waals surface area contributed by atoms with Gasteiger partial charge in [0.05, 0.1) is 0 Å². The fourth-order valence-electron chi connectivity index (χ4n) is 2.46. The number of rotatable bonds is 6. The summed E-state index contributed by atoms with van der Waals surface area (Å²) in [5.74, 6) is -0.704. The normalized spacial score (nSPS) is 20.0. The molecule has 118 valence electrons. The summed E-state index contributed by atoms with van der Waals surface area (Å²) >= 11 is 0. The Bertz CT molecular complexity index is 592. The van der Waals surface area contributed by atoms with E-state index < -0.39 is 15.8 Å². The van der Waals surface area contributed by atoms with Gasteiger partial charge in [0.25, 0.3) is 0 Å². The predicted octanol–water partition coefficient (Wildman–Crippen LogP) is 0.918. The van der Waals surface area contributed by atoms with Gasteiger partial charge >= 0.3 is 0 Å². The summed E-state index contributed by atoms with van der Waals surface area (Å²) in [5.41, 5.74) is 0.730. The largest absolute Gasteiger partial charge is 0.313 e. The van der Waals surface area contributed by atoms with Gasteiger partial charge in [0.15, 0.2) is 0 Å². The SMILES string of the molecule is CCNCc1ccc(S(=O)(=O)NC2CCN(C)C2)c(F)c1. The van der Waals surface area contributed by atoms with E-state index >= 15 is 0 Å². The topological polar surface area (TPSA) is 61.4 Å². The average Bonchev–Trinajstić information content (AvgIpc) is 2.80. The quantitative estimate of drug-likeness (QED) is 0.819. The van der Waals surface area contributed by atoms with Crippen molar-refractivity contribution >= 4 is 10.0 Å². The van der Waals surface area contributed by atoms with E-state index in [2.05, 4.69) is 10.0 Å². The summed E-state index contributed by atoms with van der Waals surface area (Å²) in [5, 5.41) is 3.08. The Balaban J connectivity index is 2.12. The Morgan fingerprint density at radius 1 is 1.43 bits per heavy atom. The van der Waals surface area contributed by atoms with Crippen molar-refractivity contribution in [3.05, 3.63) is 29.6 Å². The van der Waals surface area contributed by atoms with E-state index in [0.717, 1.165) is 25.1 Å². The first-order chi connectivity index (χ1) is 9.92. The molecule has 5 nitrogen and oxygen atoms in total. The molecule has 1 unspecified atom stereocenters. The number of likely N-dealkylation sites (N-methyl/N-ethyl adjacent to an activating group) is 1. The summed E-state index contributed by atoms with van der Waals surface area (Å²) in [6.45, 7) is 4.75. The van der Waals surface area contributed by atoms with Crippen LogP contribution in [0.1, 0.15) is 18.9 Å².